The quantitative estimate of drug-likeness (QED) is 0.823. The second-order valence-electron chi connectivity index (χ2n) is 4.42. The van der Waals surface area contributed by atoms with Crippen LogP contribution in [0.25, 0.3) is 0 Å². The van der Waals surface area contributed by atoms with Crippen LogP contribution >= 0.6 is 11.8 Å². The molecule has 0 radical (unpaired) electrons. The first kappa shape index (κ1) is 14.4. The number of amides is 3. The highest BCUT2D eigenvalue weighted by Gasteiger charge is 2.29. The van der Waals surface area contributed by atoms with E-state index in [2.05, 4.69) is 5.32 Å². The van der Waals surface area contributed by atoms with Gasteiger partial charge in [0, 0.05) is 24.3 Å². The lowest BCUT2D eigenvalue weighted by Crippen LogP contribution is -2.32. The standard InChI is InChI=1S/C13H15N3O3S/c1-8-9(14)3-2-4-10(8)15-11(17)5-6-16-12(18)7-20-13(16)19/h2-4H,5-7,14H2,1H3,(H,15,17). The highest BCUT2D eigenvalue weighted by atomic mass is 32.2. The van der Waals surface area contributed by atoms with Crippen molar-refractivity contribution in [1.82, 2.24) is 4.90 Å². The van der Waals surface area contributed by atoms with Gasteiger partial charge in [-0.1, -0.05) is 17.8 Å². The number of carbonyl (C=O) groups excluding carboxylic acids is 3. The molecule has 3 N–H and O–H groups in total. The molecule has 0 atom stereocenters. The molecule has 1 aliphatic rings. The van der Waals surface area contributed by atoms with Gasteiger partial charge < -0.3 is 11.1 Å². The molecule has 0 bridgehead atoms. The van der Waals surface area contributed by atoms with Crippen LogP contribution in [0.2, 0.25) is 0 Å². The Morgan fingerprint density at radius 3 is 2.85 bits per heavy atom. The van der Waals surface area contributed by atoms with Gasteiger partial charge in [-0.3, -0.25) is 19.3 Å². The fourth-order valence-electron chi connectivity index (χ4n) is 1.81. The minimum Gasteiger partial charge on any atom is -0.398 e. The number of anilines is 2. The molecule has 0 unspecified atom stereocenters. The third kappa shape index (κ3) is 3.11. The zero-order chi connectivity index (χ0) is 14.7. The van der Waals surface area contributed by atoms with E-state index in [4.69, 9.17) is 5.73 Å². The number of nitrogens with zero attached hydrogens (tertiary/aromatic N) is 1. The molecule has 1 fully saturated rings. The lowest BCUT2D eigenvalue weighted by atomic mass is 10.1. The number of thioether (sulfide) groups is 1. The summed E-state index contributed by atoms with van der Waals surface area (Å²) in [7, 11) is 0. The molecule has 106 valence electrons. The molecule has 1 aliphatic heterocycles. The Labute approximate surface area is 120 Å². The molecule has 20 heavy (non-hydrogen) atoms. The Bertz CT molecular complexity index is 558. The van der Waals surface area contributed by atoms with Crippen molar-refractivity contribution in [3.05, 3.63) is 23.8 Å². The average molecular weight is 293 g/mol. The number of imide groups is 1. The van der Waals surface area contributed by atoms with Crippen molar-refractivity contribution in [3.63, 3.8) is 0 Å². The van der Waals surface area contributed by atoms with Crippen LogP contribution < -0.4 is 11.1 Å². The maximum absolute atomic E-state index is 11.8. The van der Waals surface area contributed by atoms with Crippen LogP contribution in [0.5, 0.6) is 0 Å². The summed E-state index contributed by atoms with van der Waals surface area (Å²) in [5.41, 5.74) is 7.79. The molecule has 1 aromatic carbocycles. The third-order valence-electron chi connectivity index (χ3n) is 3.05. The minimum absolute atomic E-state index is 0.0757. The normalized spacial score (nSPS) is 14.8. The zero-order valence-electron chi connectivity index (χ0n) is 11.0. The zero-order valence-corrected chi connectivity index (χ0v) is 11.8. The summed E-state index contributed by atoms with van der Waals surface area (Å²) < 4.78 is 0. The van der Waals surface area contributed by atoms with E-state index in [1.54, 1.807) is 18.2 Å². The van der Waals surface area contributed by atoms with Crippen molar-refractivity contribution in [2.45, 2.75) is 13.3 Å². The van der Waals surface area contributed by atoms with Crippen LogP contribution in [0.15, 0.2) is 18.2 Å². The number of rotatable bonds is 4. The Kier molecular flexibility index (Phi) is 4.29. The number of benzene rings is 1. The predicted octanol–water partition coefficient (Wildman–Crippen LogP) is 1.60. The van der Waals surface area contributed by atoms with Crippen LogP contribution in [-0.4, -0.2) is 34.3 Å². The SMILES string of the molecule is Cc1c(N)cccc1NC(=O)CCN1C(=O)CSC1=O. The van der Waals surface area contributed by atoms with Crippen LogP contribution in [0, 0.1) is 6.92 Å². The van der Waals surface area contributed by atoms with E-state index in [1.165, 1.54) is 0 Å². The second kappa shape index (κ2) is 5.96. The lowest BCUT2D eigenvalue weighted by molar-refractivity contribution is -0.125. The molecule has 0 aliphatic carbocycles. The molecule has 2 rings (SSSR count). The molecule has 6 nitrogen and oxygen atoms in total. The summed E-state index contributed by atoms with van der Waals surface area (Å²) in [6, 6.07) is 5.26. The van der Waals surface area contributed by atoms with Crippen LogP contribution in [-0.2, 0) is 9.59 Å². The Balaban J connectivity index is 1.91. The van der Waals surface area contributed by atoms with Crippen LogP contribution in [0.1, 0.15) is 12.0 Å². The smallest absolute Gasteiger partial charge is 0.288 e. The Morgan fingerprint density at radius 2 is 2.20 bits per heavy atom. The fraction of sp³-hybridized carbons (Fsp3) is 0.308. The second-order valence-corrected chi connectivity index (χ2v) is 5.34. The molecule has 0 saturated carbocycles. The van der Waals surface area contributed by atoms with E-state index >= 15 is 0 Å². The van der Waals surface area contributed by atoms with E-state index in [-0.39, 0.29) is 35.8 Å². The predicted molar refractivity (Wildman–Crippen MR) is 78.4 cm³/mol. The minimum atomic E-state index is -0.289. The first-order valence-electron chi connectivity index (χ1n) is 6.11. The summed E-state index contributed by atoms with van der Waals surface area (Å²) in [5.74, 6) is -0.335. The average Bonchev–Trinajstić information content (AvgIpc) is 2.72. The topological polar surface area (TPSA) is 92.5 Å². The summed E-state index contributed by atoms with van der Waals surface area (Å²) in [4.78, 5) is 35.7. The summed E-state index contributed by atoms with van der Waals surface area (Å²) in [6.07, 6.45) is 0.0757. The van der Waals surface area contributed by atoms with E-state index in [1.807, 2.05) is 6.92 Å². The van der Waals surface area contributed by atoms with Crippen molar-refractivity contribution in [2.75, 3.05) is 23.3 Å². The maximum Gasteiger partial charge on any atom is 0.288 e. The highest BCUT2D eigenvalue weighted by molar-refractivity contribution is 8.14. The van der Waals surface area contributed by atoms with Crippen molar-refractivity contribution in [1.29, 1.82) is 0 Å². The van der Waals surface area contributed by atoms with Gasteiger partial charge in [-0.15, -0.1) is 0 Å². The van der Waals surface area contributed by atoms with Crippen molar-refractivity contribution in [3.8, 4) is 0 Å². The third-order valence-corrected chi connectivity index (χ3v) is 3.91. The maximum atomic E-state index is 11.8. The molecule has 0 aromatic heterocycles. The van der Waals surface area contributed by atoms with Gasteiger partial charge in [0.15, 0.2) is 0 Å². The molecule has 3 amide bonds. The number of hydrogen-bond donors (Lipinski definition) is 2. The fourth-order valence-corrected chi connectivity index (χ4v) is 2.56. The van der Waals surface area contributed by atoms with Crippen molar-refractivity contribution < 1.29 is 14.4 Å². The van der Waals surface area contributed by atoms with E-state index in [0.29, 0.717) is 11.4 Å². The van der Waals surface area contributed by atoms with E-state index in [9.17, 15) is 14.4 Å². The van der Waals surface area contributed by atoms with Gasteiger partial charge in [-0.05, 0) is 24.6 Å². The molecule has 7 heteroatoms. The summed E-state index contributed by atoms with van der Waals surface area (Å²) in [6.45, 7) is 1.92. The van der Waals surface area contributed by atoms with Crippen molar-refractivity contribution >= 4 is 40.2 Å². The summed E-state index contributed by atoms with van der Waals surface area (Å²) >= 11 is 0.963. The number of carbonyl (C=O) groups is 3. The lowest BCUT2D eigenvalue weighted by Gasteiger charge is -2.13. The monoisotopic (exact) mass is 293 g/mol. The van der Waals surface area contributed by atoms with Gasteiger partial charge in [0.25, 0.3) is 5.24 Å². The summed E-state index contributed by atoms with van der Waals surface area (Å²) in [5, 5.41) is 2.44. The molecule has 0 spiro atoms. The number of nitrogen functional groups attached to an aromatic ring is 1. The number of nitrogens with two attached hydrogens (primary N) is 1. The van der Waals surface area contributed by atoms with Gasteiger partial charge in [-0.2, -0.15) is 0 Å². The van der Waals surface area contributed by atoms with Gasteiger partial charge >= 0.3 is 0 Å². The van der Waals surface area contributed by atoms with Gasteiger partial charge in [-0.25, -0.2) is 0 Å². The highest BCUT2D eigenvalue weighted by Crippen LogP contribution is 2.21. The molecule has 1 heterocycles. The van der Waals surface area contributed by atoms with Crippen molar-refractivity contribution in [2.24, 2.45) is 0 Å². The van der Waals surface area contributed by atoms with Gasteiger partial charge in [0.05, 0.1) is 5.75 Å². The first-order chi connectivity index (χ1) is 9.49. The number of hydrogen-bond acceptors (Lipinski definition) is 5. The van der Waals surface area contributed by atoms with E-state index < -0.39 is 0 Å². The Hall–Kier alpha value is -2.02. The Morgan fingerprint density at radius 1 is 1.45 bits per heavy atom. The molecule has 1 saturated heterocycles. The van der Waals surface area contributed by atoms with Crippen LogP contribution in [0.4, 0.5) is 16.2 Å². The van der Waals surface area contributed by atoms with Gasteiger partial charge in [0.1, 0.15) is 0 Å². The van der Waals surface area contributed by atoms with Crippen LogP contribution in [0.3, 0.4) is 0 Å². The number of nitrogens with one attached hydrogen (secondary N) is 1. The van der Waals surface area contributed by atoms with E-state index in [0.717, 1.165) is 22.2 Å². The molecular formula is C13H15N3O3S. The first-order valence-corrected chi connectivity index (χ1v) is 7.09. The largest absolute Gasteiger partial charge is 0.398 e. The molecule has 1 aromatic rings. The molecular weight excluding hydrogens is 278 g/mol. The van der Waals surface area contributed by atoms with Gasteiger partial charge in [0.2, 0.25) is 11.8 Å².